The zero-order chi connectivity index (χ0) is 18.7. The van der Waals surface area contributed by atoms with Gasteiger partial charge in [-0.15, -0.1) is 0 Å². The number of nitrogens with zero attached hydrogens (tertiary/aromatic N) is 2. The Hall–Kier alpha value is -2.63. The molecule has 1 heterocycles. The van der Waals surface area contributed by atoms with Gasteiger partial charge in [-0.05, 0) is 61.4 Å². The van der Waals surface area contributed by atoms with E-state index in [1.165, 1.54) is 17.8 Å². The summed E-state index contributed by atoms with van der Waals surface area (Å²) in [5.74, 6) is -0.0715. The molecule has 3 rings (SSSR count). The fraction of sp³-hybridized carbons (Fsp3) is 0.105. The first-order valence-electron chi connectivity index (χ1n) is 7.86. The van der Waals surface area contributed by atoms with Crippen molar-refractivity contribution in [3.63, 3.8) is 0 Å². The van der Waals surface area contributed by atoms with Crippen LogP contribution in [0.15, 0.2) is 48.7 Å². The second-order valence-corrected chi connectivity index (χ2v) is 6.61. The minimum absolute atomic E-state index is 0.211. The van der Waals surface area contributed by atoms with Crippen LogP contribution in [-0.4, -0.2) is 15.9 Å². The fourth-order valence-corrected chi connectivity index (χ4v) is 2.61. The van der Waals surface area contributed by atoms with E-state index < -0.39 is 5.91 Å². The largest absolute Gasteiger partial charge is 0.324 e. The number of nitrogens with one attached hydrogen (secondary N) is 2. The Kier molecular flexibility index (Phi) is 5.40. The lowest BCUT2D eigenvalue weighted by molar-refractivity contribution is 0.102. The molecule has 26 heavy (non-hydrogen) atoms. The van der Waals surface area contributed by atoms with E-state index in [2.05, 4.69) is 20.6 Å². The number of carbonyl (C=O) groups is 1. The first-order chi connectivity index (χ1) is 12.4. The molecular weight excluding hydrogens is 371 g/mol. The predicted octanol–water partition coefficient (Wildman–Crippen LogP) is 5.40. The number of benzene rings is 2. The van der Waals surface area contributed by atoms with Crippen LogP contribution < -0.4 is 10.6 Å². The molecule has 1 aromatic heterocycles. The number of halogens is 2. The zero-order valence-electron chi connectivity index (χ0n) is 14.2. The first kappa shape index (κ1) is 18.2. The van der Waals surface area contributed by atoms with Crippen molar-refractivity contribution < 1.29 is 4.79 Å². The van der Waals surface area contributed by atoms with Gasteiger partial charge in [0.1, 0.15) is 5.69 Å². The van der Waals surface area contributed by atoms with Crippen LogP contribution in [0.4, 0.5) is 17.3 Å². The summed E-state index contributed by atoms with van der Waals surface area (Å²) in [6.45, 7) is 4.07. The summed E-state index contributed by atoms with van der Waals surface area (Å²) in [5.41, 5.74) is 3.83. The van der Waals surface area contributed by atoms with Gasteiger partial charge in [0.2, 0.25) is 5.95 Å². The molecule has 0 spiro atoms. The maximum Gasteiger partial charge on any atom is 0.274 e. The third-order valence-corrected chi connectivity index (χ3v) is 4.39. The van der Waals surface area contributed by atoms with Crippen molar-refractivity contribution >= 4 is 46.4 Å². The molecule has 2 aromatic carbocycles. The zero-order valence-corrected chi connectivity index (χ0v) is 15.7. The maximum absolute atomic E-state index is 12.5. The Morgan fingerprint density at radius 1 is 1.00 bits per heavy atom. The van der Waals surface area contributed by atoms with Crippen molar-refractivity contribution in [2.75, 3.05) is 10.6 Å². The molecule has 0 saturated heterocycles. The van der Waals surface area contributed by atoms with Crippen molar-refractivity contribution in [1.82, 2.24) is 9.97 Å². The summed E-state index contributed by atoms with van der Waals surface area (Å²) in [4.78, 5) is 20.9. The maximum atomic E-state index is 12.5. The van der Waals surface area contributed by atoms with Crippen LogP contribution in [0, 0.1) is 13.8 Å². The SMILES string of the molecule is Cc1ccc(Nc2nccc(C(=O)Nc3cc(Cl)ccc3Cl)n2)cc1C. The number of rotatable bonds is 4. The van der Waals surface area contributed by atoms with E-state index in [1.54, 1.807) is 18.2 Å². The van der Waals surface area contributed by atoms with Crippen LogP contribution in [0.25, 0.3) is 0 Å². The van der Waals surface area contributed by atoms with Gasteiger partial charge in [-0.2, -0.15) is 0 Å². The van der Waals surface area contributed by atoms with Gasteiger partial charge in [0.25, 0.3) is 5.91 Å². The molecule has 0 radical (unpaired) electrons. The summed E-state index contributed by atoms with van der Waals surface area (Å²) in [5, 5.41) is 6.67. The number of anilines is 3. The van der Waals surface area contributed by atoms with E-state index in [9.17, 15) is 4.79 Å². The minimum atomic E-state index is -0.403. The number of hydrogen-bond acceptors (Lipinski definition) is 4. The van der Waals surface area contributed by atoms with E-state index in [-0.39, 0.29) is 5.69 Å². The Balaban J connectivity index is 1.78. The lowest BCUT2D eigenvalue weighted by Gasteiger charge is -2.10. The number of hydrogen-bond donors (Lipinski definition) is 2. The highest BCUT2D eigenvalue weighted by Gasteiger charge is 2.12. The molecule has 0 unspecified atom stereocenters. The van der Waals surface area contributed by atoms with Gasteiger partial charge in [0.15, 0.2) is 0 Å². The van der Waals surface area contributed by atoms with Gasteiger partial charge in [-0.3, -0.25) is 4.79 Å². The Bertz CT molecular complexity index is 976. The van der Waals surface area contributed by atoms with E-state index >= 15 is 0 Å². The van der Waals surface area contributed by atoms with Crippen LogP contribution in [0.1, 0.15) is 21.6 Å². The summed E-state index contributed by atoms with van der Waals surface area (Å²) >= 11 is 12.0. The highest BCUT2D eigenvalue weighted by molar-refractivity contribution is 6.35. The number of amides is 1. The quantitative estimate of drug-likeness (QED) is 0.629. The number of aromatic nitrogens is 2. The van der Waals surface area contributed by atoms with Gasteiger partial charge in [-0.1, -0.05) is 29.3 Å². The van der Waals surface area contributed by atoms with Gasteiger partial charge >= 0.3 is 0 Å². The molecule has 2 N–H and O–H groups in total. The highest BCUT2D eigenvalue weighted by Crippen LogP contribution is 2.26. The molecule has 0 bridgehead atoms. The van der Waals surface area contributed by atoms with E-state index in [4.69, 9.17) is 23.2 Å². The molecule has 3 aromatic rings. The molecule has 1 amide bonds. The Labute approximate surface area is 161 Å². The molecule has 0 aliphatic heterocycles. The van der Waals surface area contributed by atoms with E-state index in [1.807, 2.05) is 32.0 Å². The van der Waals surface area contributed by atoms with Crippen LogP contribution in [0.2, 0.25) is 10.0 Å². The average molecular weight is 387 g/mol. The summed E-state index contributed by atoms with van der Waals surface area (Å²) in [6, 6.07) is 12.3. The molecule has 0 atom stereocenters. The monoisotopic (exact) mass is 386 g/mol. The van der Waals surface area contributed by atoms with Gasteiger partial charge in [0.05, 0.1) is 10.7 Å². The third-order valence-electron chi connectivity index (χ3n) is 3.83. The number of carbonyl (C=O) groups excluding carboxylic acids is 1. The third kappa shape index (κ3) is 4.31. The Morgan fingerprint density at radius 2 is 1.81 bits per heavy atom. The van der Waals surface area contributed by atoms with Crippen LogP contribution in [0.5, 0.6) is 0 Å². The minimum Gasteiger partial charge on any atom is -0.324 e. The number of aryl methyl sites for hydroxylation is 2. The van der Waals surface area contributed by atoms with Crippen molar-refractivity contribution in [2.24, 2.45) is 0 Å². The molecule has 132 valence electrons. The van der Waals surface area contributed by atoms with Crippen LogP contribution in [0.3, 0.4) is 0 Å². The van der Waals surface area contributed by atoms with Crippen molar-refractivity contribution in [3.05, 3.63) is 75.5 Å². The topological polar surface area (TPSA) is 66.9 Å². The standard InChI is InChI=1S/C19H16Cl2N4O/c1-11-3-5-14(9-12(11)2)23-19-22-8-7-16(25-19)18(26)24-17-10-13(20)4-6-15(17)21/h3-10H,1-2H3,(H,24,26)(H,22,23,25). The molecule has 0 aliphatic carbocycles. The van der Waals surface area contributed by atoms with Crippen LogP contribution >= 0.6 is 23.2 Å². The summed E-state index contributed by atoms with van der Waals surface area (Å²) in [6.07, 6.45) is 1.52. The van der Waals surface area contributed by atoms with E-state index in [0.717, 1.165) is 11.3 Å². The smallest absolute Gasteiger partial charge is 0.274 e. The first-order valence-corrected chi connectivity index (χ1v) is 8.62. The second kappa shape index (κ2) is 7.72. The molecular formula is C19H16Cl2N4O. The summed E-state index contributed by atoms with van der Waals surface area (Å²) in [7, 11) is 0. The fourth-order valence-electron chi connectivity index (χ4n) is 2.27. The van der Waals surface area contributed by atoms with Gasteiger partial charge in [0, 0.05) is 16.9 Å². The van der Waals surface area contributed by atoms with Crippen LogP contribution in [-0.2, 0) is 0 Å². The van der Waals surface area contributed by atoms with Gasteiger partial charge < -0.3 is 10.6 Å². The summed E-state index contributed by atoms with van der Waals surface area (Å²) < 4.78 is 0. The van der Waals surface area contributed by atoms with Crippen molar-refractivity contribution in [3.8, 4) is 0 Å². The molecule has 7 heteroatoms. The second-order valence-electron chi connectivity index (χ2n) is 5.77. The molecule has 0 aliphatic rings. The van der Waals surface area contributed by atoms with Crippen molar-refractivity contribution in [1.29, 1.82) is 0 Å². The lowest BCUT2D eigenvalue weighted by Crippen LogP contribution is -2.15. The van der Waals surface area contributed by atoms with Gasteiger partial charge in [-0.25, -0.2) is 9.97 Å². The lowest BCUT2D eigenvalue weighted by atomic mass is 10.1. The predicted molar refractivity (Wildman–Crippen MR) is 106 cm³/mol. The van der Waals surface area contributed by atoms with E-state index in [0.29, 0.717) is 21.7 Å². The average Bonchev–Trinajstić information content (AvgIpc) is 2.61. The molecule has 0 saturated carbocycles. The van der Waals surface area contributed by atoms with Crippen molar-refractivity contribution in [2.45, 2.75) is 13.8 Å². The molecule has 5 nitrogen and oxygen atoms in total. The normalized spacial score (nSPS) is 10.5. The molecule has 0 fully saturated rings. The highest BCUT2D eigenvalue weighted by atomic mass is 35.5. The Morgan fingerprint density at radius 3 is 2.58 bits per heavy atom.